The molecule has 1 N–H and O–H groups in total. The summed E-state index contributed by atoms with van der Waals surface area (Å²) in [6.07, 6.45) is 4.24. The van der Waals surface area contributed by atoms with Crippen molar-refractivity contribution in [1.29, 1.82) is 0 Å². The summed E-state index contributed by atoms with van der Waals surface area (Å²) in [7, 11) is 0. The van der Waals surface area contributed by atoms with Gasteiger partial charge in [-0.05, 0) is 24.6 Å². The van der Waals surface area contributed by atoms with Gasteiger partial charge >= 0.3 is 0 Å². The lowest BCUT2D eigenvalue weighted by Crippen LogP contribution is -2.36. The molecule has 1 atom stereocenters. The molecule has 0 bridgehead atoms. The molecule has 2 aromatic heterocycles. The predicted octanol–water partition coefficient (Wildman–Crippen LogP) is 2.41. The zero-order chi connectivity index (χ0) is 15.6. The fourth-order valence-electron chi connectivity index (χ4n) is 3.06. The summed E-state index contributed by atoms with van der Waals surface area (Å²) < 4.78 is 3.19. The summed E-state index contributed by atoms with van der Waals surface area (Å²) in [6, 6.07) is 10.1. The minimum atomic E-state index is 0.0644. The van der Waals surface area contributed by atoms with Crippen LogP contribution in [0.1, 0.15) is 17.1 Å². The summed E-state index contributed by atoms with van der Waals surface area (Å²) in [6.45, 7) is 1.48. The largest absolute Gasteiger partial charge is 0.355 e. The zero-order valence-corrected chi connectivity index (χ0v) is 13.6. The number of fused-ring (bicyclic) bond motifs is 2. The number of benzene rings is 1. The van der Waals surface area contributed by atoms with E-state index in [9.17, 15) is 4.79 Å². The summed E-state index contributed by atoms with van der Waals surface area (Å²) in [5.41, 5.74) is 2.20. The van der Waals surface area contributed by atoms with Gasteiger partial charge in [0.25, 0.3) is 0 Å². The molecule has 1 aliphatic rings. The van der Waals surface area contributed by atoms with Crippen LogP contribution in [0.5, 0.6) is 0 Å². The van der Waals surface area contributed by atoms with Gasteiger partial charge in [-0.1, -0.05) is 12.1 Å². The van der Waals surface area contributed by atoms with E-state index < -0.39 is 0 Å². The van der Waals surface area contributed by atoms with Gasteiger partial charge in [-0.15, -0.1) is 11.3 Å². The normalized spacial score (nSPS) is 17.1. The number of carbonyl (C=O) groups excluding carboxylic acids is 1. The van der Waals surface area contributed by atoms with Crippen molar-refractivity contribution < 1.29 is 4.79 Å². The Morgan fingerprint density at radius 3 is 3.17 bits per heavy atom. The molecule has 0 saturated carbocycles. The molecular weight excluding hydrogens is 308 g/mol. The molecule has 0 saturated heterocycles. The molecule has 3 aromatic rings. The highest BCUT2D eigenvalue weighted by molar-refractivity contribution is 7.18. The van der Waals surface area contributed by atoms with E-state index in [0.29, 0.717) is 6.54 Å². The van der Waals surface area contributed by atoms with E-state index in [0.717, 1.165) is 42.0 Å². The first-order valence-electron chi connectivity index (χ1n) is 7.92. The lowest BCUT2D eigenvalue weighted by molar-refractivity contribution is -0.125. The molecule has 1 amide bonds. The molecule has 0 aliphatic carbocycles. The lowest BCUT2D eigenvalue weighted by Gasteiger charge is -2.22. The SMILES string of the molecule is O=C(NCCc1nc2ccccc2s1)C1CCn2nccc2C1. The van der Waals surface area contributed by atoms with Crippen LogP contribution in [0.15, 0.2) is 36.5 Å². The summed E-state index contributed by atoms with van der Waals surface area (Å²) in [4.78, 5) is 16.9. The quantitative estimate of drug-likeness (QED) is 0.801. The molecule has 0 radical (unpaired) electrons. The van der Waals surface area contributed by atoms with Crippen LogP contribution < -0.4 is 5.32 Å². The van der Waals surface area contributed by atoms with Crippen molar-refractivity contribution in [2.45, 2.75) is 25.8 Å². The molecule has 1 aromatic carbocycles. The Morgan fingerprint density at radius 2 is 2.26 bits per heavy atom. The van der Waals surface area contributed by atoms with Crippen LogP contribution >= 0.6 is 11.3 Å². The average Bonchev–Trinajstić information content (AvgIpc) is 3.19. The fraction of sp³-hybridized carbons (Fsp3) is 0.353. The van der Waals surface area contributed by atoms with Crippen molar-refractivity contribution in [3.8, 4) is 0 Å². The number of hydrogen-bond donors (Lipinski definition) is 1. The van der Waals surface area contributed by atoms with E-state index in [1.54, 1.807) is 11.3 Å². The van der Waals surface area contributed by atoms with Gasteiger partial charge < -0.3 is 5.32 Å². The van der Waals surface area contributed by atoms with Crippen LogP contribution in [0.25, 0.3) is 10.2 Å². The number of aryl methyl sites for hydroxylation is 1. The smallest absolute Gasteiger partial charge is 0.223 e. The molecule has 118 valence electrons. The molecule has 0 fully saturated rings. The molecule has 6 heteroatoms. The van der Waals surface area contributed by atoms with Gasteiger partial charge in [0, 0.05) is 43.7 Å². The number of amides is 1. The van der Waals surface area contributed by atoms with Crippen LogP contribution in [-0.2, 0) is 24.2 Å². The molecule has 1 aliphatic heterocycles. The predicted molar refractivity (Wildman–Crippen MR) is 90.4 cm³/mol. The number of nitrogens with zero attached hydrogens (tertiary/aromatic N) is 3. The third kappa shape index (κ3) is 2.99. The number of rotatable bonds is 4. The highest BCUT2D eigenvalue weighted by Crippen LogP contribution is 2.22. The molecule has 1 unspecified atom stereocenters. The monoisotopic (exact) mass is 326 g/mol. The maximum Gasteiger partial charge on any atom is 0.223 e. The third-order valence-electron chi connectivity index (χ3n) is 4.30. The van der Waals surface area contributed by atoms with Crippen LogP contribution in [0.4, 0.5) is 0 Å². The molecule has 5 nitrogen and oxygen atoms in total. The van der Waals surface area contributed by atoms with Gasteiger partial charge in [0.1, 0.15) is 0 Å². The van der Waals surface area contributed by atoms with Crippen molar-refractivity contribution in [3.05, 3.63) is 47.2 Å². The molecule has 4 rings (SSSR count). The van der Waals surface area contributed by atoms with Gasteiger partial charge in [0.05, 0.1) is 15.2 Å². The summed E-state index contributed by atoms with van der Waals surface area (Å²) in [5, 5.41) is 8.39. The van der Waals surface area contributed by atoms with Crippen molar-refractivity contribution in [2.75, 3.05) is 6.54 Å². The Labute approximate surface area is 138 Å². The van der Waals surface area contributed by atoms with Crippen LogP contribution in [-0.4, -0.2) is 27.2 Å². The van der Waals surface area contributed by atoms with Gasteiger partial charge in [0.2, 0.25) is 5.91 Å². The zero-order valence-electron chi connectivity index (χ0n) is 12.7. The van der Waals surface area contributed by atoms with E-state index in [4.69, 9.17) is 0 Å². The van der Waals surface area contributed by atoms with Crippen molar-refractivity contribution in [1.82, 2.24) is 20.1 Å². The van der Waals surface area contributed by atoms with Gasteiger partial charge in [-0.3, -0.25) is 9.48 Å². The molecule has 3 heterocycles. The maximum absolute atomic E-state index is 12.3. The first-order chi connectivity index (χ1) is 11.3. The molecule has 23 heavy (non-hydrogen) atoms. The second-order valence-electron chi connectivity index (χ2n) is 5.85. The first kappa shape index (κ1) is 14.4. The summed E-state index contributed by atoms with van der Waals surface area (Å²) in [5.74, 6) is 0.216. The van der Waals surface area contributed by atoms with E-state index >= 15 is 0 Å². The Bertz CT molecular complexity index is 805. The lowest BCUT2D eigenvalue weighted by atomic mass is 9.95. The molecular formula is C17H18N4OS. The van der Waals surface area contributed by atoms with Crippen LogP contribution in [0.3, 0.4) is 0 Å². The second kappa shape index (κ2) is 6.12. The van der Waals surface area contributed by atoms with Crippen molar-refractivity contribution >= 4 is 27.5 Å². The summed E-state index contributed by atoms with van der Waals surface area (Å²) >= 11 is 1.70. The van der Waals surface area contributed by atoms with Gasteiger partial charge in [-0.2, -0.15) is 5.10 Å². The Morgan fingerprint density at radius 1 is 1.35 bits per heavy atom. The Balaban J connectivity index is 1.32. The van der Waals surface area contributed by atoms with E-state index in [1.807, 2.05) is 35.1 Å². The number of aromatic nitrogens is 3. The number of hydrogen-bond acceptors (Lipinski definition) is 4. The van der Waals surface area contributed by atoms with Crippen molar-refractivity contribution in [2.24, 2.45) is 5.92 Å². The van der Waals surface area contributed by atoms with Crippen LogP contribution in [0, 0.1) is 5.92 Å². The van der Waals surface area contributed by atoms with E-state index in [-0.39, 0.29) is 11.8 Å². The van der Waals surface area contributed by atoms with Crippen LogP contribution in [0.2, 0.25) is 0 Å². The topological polar surface area (TPSA) is 59.8 Å². The minimum Gasteiger partial charge on any atom is -0.355 e. The van der Waals surface area contributed by atoms with Gasteiger partial charge in [-0.25, -0.2) is 4.98 Å². The number of carbonyl (C=O) groups is 1. The van der Waals surface area contributed by atoms with E-state index in [2.05, 4.69) is 21.5 Å². The number of para-hydroxylation sites is 1. The number of thiazole rings is 1. The first-order valence-corrected chi connectivity index (χ1v) is 8.74. The highest BCUT2D eigenvalue weighted by Gasteiger charge is 2.24. The fourth-order valence-corrected chi connectivity index (χ4v) is 4.02. The minimum absolute atomic E-state index is 0.0644. The number of nitrogens with one attached hydrogen (secondary N) is 1. The van der Waals surface area contributed by atoms with Crippen molar-refractivity contribution in [3.63, 3.8) is 0 Å². The molecule has 0 spiro atoms. The standard InChI is InChI=1S/C17H18N4OS/c22-17(12-7-10-21-13(11-12)5-9-19-21)18-8-6-16-20-14-3-1-2-4-15(14)23-16/h1-5,9,12H,6-8,10-11H2,(H,18,22). The van der Waals surface area contributed by atoms with E-state index in [1.165, 1.54) is 4.70 Å². The second-order valence-corrected chi connectivity index (χ2v) is 6.97. The Hall–Kier alpha value is -2.21. The highest BCUT2D eigenvalue weighted by atomic mass is 32.1. The van der Waals surface area contributed by atoms with Gasteiger partial charge in [0.15, 0.2) is 0 Å². The third-order valence-corrected chi connectivity index (χ3v) is 5.39. The maximum atomic E-state index is 12.3. The average molecular weight is 326 g/mol. The Kier molecular flexibility index (Phi) is 3.83.